The van der Waals surface area contributed by atoms with Gasteiger partial charge in [0.25, 0.3) is 0 Å². The third-order valence-electron chi connectivity index (χ3n) is 3.85. The van der Waals surface area contributed by atoms with E-state index in [1.807, 2.05) is 12.1 Å². The lowest BCUT2D eigenvalue weighted by atomic mass is 9.80. The van der Waals surface area contributed by atoms with Crippen LogP contribution in [-0.4, -0.2) is 7.11 Å². The summed E-state index contributed by atoms with van der Waals surface area (Å²) in [5, 5.41) is 0. The Morgan fingerprint density at radius 3 is 1.82 bits per heavy atom. The normalized spacial score (nSPS) is 13.1. The van der Waals surface area contributed by atoms with Crippen LogP contribution in [0.2, 0.25) is 0 Å². The molecule has 0 bridgehead atoms. The van der Waals surface area contributed by atoms with Crippen LogP contribution in [-0.2, 0) is 0 Å². The molecule has 2 rings (SSSR count). The fourth-order valence-electron chi connectivity index (χ4n) is 2.84. The van der Waals surface area contributed by atoms with Gasteiger partial charge in [-0.25, -0.2) is 0 Å². The van der Waals surface area contributed by atoms with Gasteiger partial charge in [-0.3, -0.25) is 0 Å². The fraction of sp³-hybridized carbons (Fsp3) is 0.238. The summed E-state index contributed by atoms with van der Waals surface area (Å²) in [6.45, 7) is 4.15. The number of ether oxygens (including phenoxy) is 1. The topological polar surface area (TPSA) is 9.23 Å². The molecule has 0 fully saturated rings. The van der Waals surface area contributed by atoms with Gasteiger partial charge in [-0.1, -0.05) is 66.8 Å². The smallest absolute Gasteiger partial charge is 0.118 e. The van der Waals surface area contributed by atoms with Crippen molar-refractivity contribution in [2.24, 2.45) is 5.92 Å². The number of hydrogen-bond acceptors (Lipinski definition) is 1. The summed E-state index contributed by atoms with van der Waals surface area (Å²) in [7, 11) is 1.70. The number of methoxy groups -OCH3 is 1. The third kappa shape index (κ3) is 3.88. The Labute approximate surface area is 134 Å². The summed E-state index contributed by atoms with van der Waals surface area (Å²) in [5.74, 6) is 1.54. The second kappa shape index (κ2) is 8.23. The van der Waals surface area contributed by atoms with E-state index in [1.165, 1.54) is 11.1 Å². The first-order valence-electron chi connectivity index (χ1n) is 7.74. The first-order valence-corrected chi connectivity index (χ1v) is 7.74. The maximum Gasteiger partial charge on any atom is 0.118 e. The lowest BCUT2D eigenvalue weighted by Crippen LogP contribution is -2.10. The van der Waals surface area contributed by atoms with Crippen LogP contribution < -0.4 is 4.74 Å². The van der Waals surface area contributed by atoms with Crippen molar-refractivity contribution in [3.63, 3.8) is 0 Å². The molecule has 0 aliphatic rings. The highest BCUT2D eigenvalue weighted by molar-refractivity contribution is 5.38. The van der Waals surface area contributed by atoms with Crippen LogP contribution in [0.4, 0.5) is 0 Å². The predicted molar refractivity (Wildman–Crippen MR) is 94.4 cm³/mol. The van der Waals surface area contributed by atoms with Crippen molar-refractivity contribution in [3.8, 4) is 5.75 Å². The molecule has 0 N–H and O–H groups in total. The van der Waals surface area contributed by atoms with Crippen molar-refractivity contribution < 1.29 is 4.74 Å². The number of allylic oxidation sites excluding steroid dienone is 4. The molecule has 22 heavy (non-hydrogen) atoms. The van der Waals surface area contributed by atoms with E-state index in [4.69, 9.17) is 4.74 Å². The highest BCUT2D eigenvalue weighted by Gasteiger charge is 2.20. The first kappa shape index (κ1) is 16.1. The van der Waals surface area contributed by atoms with Crippen LogP contribution in [0.15, 0.2) is 78.9 Å². The minimum Gasteiger partial charge on any atom is -0.497 e. The van der Waals surface area contributed by atoms with Crippen molar-refractivity contribution in [2.75, 3.05) is 7.11 Å². The summed E-state index contributed by atoms with van der Waals surface area (Å²) in [6, 6.07) is 19.1. The third-order valence-corrected chi connectivity index (χ3v) is 3.85. The highest BCUT2D eigenvalue weighted by Crippen LogP contribution is 2.34. The molecular formula is C21H24O. The molecule has 0 saturated heterocycles. The molecule has 0 saturated carbocycles. The Balaban J connectivity index is 2.48. The molecule has 1 nitrogen and oxygen atoms in total. The molecular weight excluding hydrogens is 268 g/mol. The number of rotatable bonds is 6. The van der Waals surface area contributed by atoms with Crippen LogP contribution in [0.3, 0.4) is 0 Å². The monoisotopic (exact) mass is 292 g/mol. The van der Waals surface area contributed by atoms with E-state index < -0.39 is 0 Å². The van der Waals surface area contributed by atoms with E-state index in [-0.39, 0.29) is 0 Å². The number of benzene rings is 2. The van der Waals surface area contributed by atoms with Crippen molar-refractivity contribution in [2.45, 2.75) is 19.8 Å². The van der Waals surface area contributed by atoms with Crippen LogP contribution in [0.25, 0.3) is 0 Å². The second-order valence-corrected chi connectivity index (χ2v) is 5.29. The Bertz CT molecular complexity index is 596. The van der Waals surface area contributed by atoms with Crippen LogP contribution in [0, 0.1) is 5.92 Å². The van der Waals surface area contributed by atoms with Gasteiger partial charge in [0.15, 0.2) is 0 Å². The van der Waals surface area contributed by atoms with Crippen LogP contribution >= 0.6 is 0 Å². The Morgan fingerprint density at radius 1 is 0.773 bits per heavy atom. The maximum atomic E-state index is 5.28. The molecule has 0 aliphatic heterocycles. The molecule has 0 spiro atoms. The van der Waals surface area contributed by atoms with Gasteiger partial charge < -0.3 is 4.74 Å². The zero-order valence-corrected chi connectivity index (χ0v) is 13.6. The van der Waals surface area contributed by atoms with Gasteiger partial charge in [-0.05, 0) is 37.1 Å². The standard InChI is InChI=1S/C21H24O/c1-4-9-17(10-5-2)21(18-11-7-6-8-12-18)19-13-15-20(22-3)16-14-19/h4-17,21H,1-3H3/b9-4+,10-5+. The molecule has 0 heterocycles. The Morgan fingerprint density at radius 2 is 1.32 bits per heavy atom. The van der Waals surface area contributed by atoms with Crippen molar-refractivity contribution >= 4 is 0 Å². The molecule has 1 atom stereocenters. The first-order chi connectivity index (χ1) is 10.8. The largest absolute Gasteiger partial charge is 0.497 e. The van der Waals surface area contributed by atoms with Gasteiger partial charge >= 0.3 is 0 Å². The fourth-order valence-corrected chi connectivity index (χ4v) is 2.84. The predicted octanol–water partition coefficient (Wildman–Crippen LogP) is 5.60. The molecule has 2 aromatic rings. The lowest BCUT2D eigenvalue weighted by Gasteiger charge is -2.24. The molecule has 1 heteroatoms. The molecule has 0 aliphatic carbocycles. The van der Waals surface area contributed by atoms with Gasteiger partial charge in [-0.15, -0.1) is 0 Å². The van der Waals surface area contributed by atoms with Crippen molar-refractivity contribution in [3.05, 3.63) is 90.0 Å². The van der Waals surface area contributed by atoms with E-state index in [0.717, 1.165) is 5.75 Å². The van der Waals surface area contributed by atoms with E-state index in [2.05, 4.69) is 80.6 Å². The molecule has 2 aromatic carbocycles. The maximum absolute atomic E-state index is 5.28. The molecule has 0 amide bonds. The summed E-state index contributed by atoms with van der Waals surface area (Å²) in [6.07, 6.45) is 8.79. The van der Waals surface area contributed by atoms with Gasteiger partial charge in [0.05, 0.1) is 7.11 Å². The summed E-state index contributed by atoms with van der Waals surface area (Å²) in [4.78, 5) is 0. The van der Waals surface area contributed by atoms with E-state index >= 15 is 0 Å². The number of hydrogen-bond donors (Lipinski definition) is 0. The van der Waals surface area contributed by atoms with E-state index in [0.29, 0.717) is 11.8 Å². The molecule has 0 aromatic heterocycles. The SMILES string of the molecule is C/C=C/C(/C=C/C)C(c1ccccc1)c1ccc(OC)cc1. The average Bonchev–Trinajstić information content (AvgIpc) is 2.57. The van der Waals surface area contributed by atoms with Crippen molar-refractivity contribution in [1.29, 1.82) is 0 Å². The quantitative estimate of drug-likeness (QED) is 0.630. The summed E-state index contributed by atoms with van der Waals surface area (Å²) < 4.78 is 5.28. The molecule has 1 unspecified atom stereocenters. The van der Waals surface area contributed by atoms with Gasteiger partial charge in [0, 0.05) is 11.8 Å². The van der Waals surface area contributed by atoms with Gasteiger partial charge in [-0.2, -0.15) is 0 Å². The average molecular weight is 292 g/mol. The zero-order chi connectivity index (χ0) is 15.8. The van der Waals surface area contributed by atoms with Crippen LogP contribution in [0.5, 0.6) is 5.75 Å². The van der Waals surface area contributed by atoms with E-state index in [1.54, 1.807) is 7.11 Å². The lowest BCUT2D eigenvalue weighted by molar-refractivity contribution is 0.414. The molecule has 0 radical (unpaired) electrons. The minimum absolute atomic E-state index is 0.305. The molecule has 114 valence electrons. The van der Waals surface area contributed by atoms with Gasteiger partial charge in [0.2, 0.25) is 0 Å². The summed E-state index contributed by atoms with van der Waals surface area (Å²) >= 11 is 0. The highest BCUT2D eigenvalue weighted by atomic mass is 16.5. The minimum atomic E-state index is 0.305. The van der Waals surface area contributed by atoms with Crippen molar-refractivity contribution in [1.82, 2.24) is 0 Å². The van der Waals surface area contributed by atoms with E-state index in [9.17, 15) is 0 Å². The Hall–Kier alpha value is -2.28. The zero-order valence-electron chi connectivity index (χ0n) is 13.6. The second-order valence-electron chi connectivity index (χ2n) is 5.29. The van der Waals surface area contributed by atoms with Gasteiger partial charge in [0.1, 0.15) is 5.75 Å². The van der Waals surface area contributed by atoms with Crippen LogP contribution in [0.1, 0.15) is 30.9 Å². The summed E-state index contributed by atoms with van der Waals surface area (Å²) in [5.41, 5.74) is 2.63. The Kier molecular flexibility index (Phi) is 6.02.